The van der Waals surface area contributed by atoms with Gasteiger partial charge in [0.15, 0.2) is 11.6 Å². The summed E-state index contributed by atoms with van der Waals surface area (Å²) >= 11 is 0. The molecule has 1 fully saturated rings. The first-order chi connectivity index (χ1) is 14.5. The van der Waals surface area contributed by atoms with Crippen LogP contribution >= 0.6 is 0 Å². The number of likely N-dealkylation sites (tertiary alicyclic amines) is 1. The number of likely N-dealkylation sites (N-methyl/N-ethyl adjacent to an activating group) is 1. The molecule has 0 spiro atoms. The Kier molecular flexibility index (Phi) is 7.60. The fourth-order valence-corrected chi connectivity index (χ4v) is 3.46. The molecule has 2 aromatic carbocycles. The molecule has 0 bridgehead atoms. The van der Waals surface area contributed by atoms with Crippen LogP contribution in [-0.2, 0) is 9.59 Å². The van der Waals surface area contributed by atoms with Crippen LogP contribution in [0.2, 0.25) is 0 Å². The lowest BCUT2D eigenvalue weighted by Crippen LogP contribution is -2.43. The summed E-state index contributed by atoms with van der Waals surface area (Å²) < 4.78 is 19.0. The summed E-state index contributed by atoms with van der Waals surface area (Å²) in [4.78, 5) is 28.5. The van der Waals surface area contributed by atoms with Gasteiger partial charge in [0, 0.05) is 32.1 Å². The molecule has 158 valence electrons. The fraction of sp³-hybridized carbons (Fsp3) is 0.333. The van der Waals surface area contributed by atoms with Gasteiger partial charge in [-0.1, -0.05) is 42.5 Å². The molecule has 30 heavy (non-hydrogen) atoms. The number of para-hydroxylation sites is 1. The van der Waals surface area contributed by atoms with Gasteiger partial charge in [-0.15, -0.1) is 0 Å². The van der Waals surface area contributed by atoms with Gasteiger partial charge >= 0.3 is 0 Å². The summed E-state index contributed by atoms with van der Waals surface area (Å²) in [6.45, 7) is 1.73. The molecule has 0 unspecified atom stereocenters. The summed E-state index contributed by atoms with van der Waals surface area (Å²) in [5.41, 5.74) is 0.982. The van der Waals surface area contributed by atoms with Crippen molar-refractivity contribution in [1.82, 2.24) is 9.80 Å². The Bertz CT molecular complexity index is 877. The number of amides is 2. The van der Waals surface area contributed by atoms with Crippen LogP contribution < -0.4 is 4.74 Å². The van der Waals surface area contributed by atoms with E-state index in [1.807, 2.05) is 36.4 Å². The molecule has 5 nitrogen and oxygen atoms in total. The Morgan fingerprint density at radius 2 is 1.77 bits per heavy atom. The van der Waals surface area contributed by atoms with Crippen molar-refractivity contribution in [3.63, 3.8) is 0 Å². The van der Waals surface area contributed by atoms with Gasteiger partial charge < -0.3 is 14.5 Å². The van der Waals surface area contributed by atoms with E-state index in [1.54, 1.807) is 41.1 Å². The number of carbonyl (C=O) groups excluding carboxylic acids is 2. The van der Waals surface area contributed by atoms with Crippen molar-refractivity contribution < 1.29 is 18.7 Å². The third-order valence-electron chi connectivity index (χ3n) is 5.27. The minimum Gasteiger partial charge on any atom is -0.489 e. The van der Waals surface area contributed by atoms with Gasteiger partial charge in [-0.2, -0.15) is 0 Å². The maximum absolute atomic E-state index is 13.6. The molecule has 1 aliphatic heterocycles. The number of piperidine rings is 1. The van der Waals surface area contributed by atoms with Crippen molar-refractivity contribution in [2.45, 2.75) is 12.8 Å². The van der Waals surface area contributed by atoms with E-state index in [2.05, 4.69) is 0 Å². The maximum Gasteiger partial charge on any atom is 0.246 e. The van der Waals surface area contributed by atoms with Crippen LogP contribution in [0.15, 0.2) is 60.7 Å². The molecule has 0 aliphatic carbocycles. The van der Waals surface area contributed by atoms with Crippen molar-refractivity contribution >= 4 is 17.9 Å². The second kappa shape index (κ2) is 10.6. The highest BCUT2D eigenvalue weighted by Crippen LogP contribution is 2.20. The first-order valence-corrected chi connectivity index (χ1v) is 10.2. The zero-order valence-electron chi connectivity index (χ0n) is 17.2. The Hall–Kier alpha value is -3.15. The molecule has 2 amide bonds. The van der Waals surface area contributed by atoms with Crippen LogP contribution in [0.3, 0.4) is 0 Å². The Labute approximate surface area is 176 Å². The largest absolute Gasteiger partial charge is 0.489 e. The Morgan fingerprint density at radius 3 is 2.47 bits per heavy atom. The van der Waals surface area contributed by atoms with E-state index in [0.717, 1.165) is 5.56 Å². The highest BCUT2D eigenvalue weighted by atomic mass is 19.1. The topological polar surface area (TPSA) is 49.9 Å². The first-order valence-electron chi connectivity index (χ1n) is 10.2. The Morgan fingerprint density at radius 1 is 1.10 bits per heavy atom. The lowest BCUT2D eigenvalue weighted by Gasteiger charge is -2.32. The van der Waals surface area contributed by atoms with Gasteiger partial charge in [0.05, 0.1) is 6.54 Å². The standard InChI is InChI=1S/C24H27FN2O3/c1-26(17-18-30-22-10-6-5-9-21(22)25)24(29)20-13-15-27(16-14-20)23(28)12-11-19-7-3-2-4-8-19/h2-12,20H,13-18H2,1H3/b12-11+. The minimum atomic E-state index is -0.412. The smallest absolute Gasteiger partial charge is 0.246 e. The third kappa shape index (κ3) is 5.92. The van der Waals surface area contributed by atoms with Crippen molar-refractivity contribution in [1.29, 1.82) is 0 Å². The zero-order valence-corrected chi connectivity index (χ0v) is 17.2. The predicted molar refractivity (Wildman–Crippen MR) is 114 cm³/mol. The molecule has 6 heteroatoms. The van der Waals surface area contributed by atoms with E-state index < -0.39 is 5.82 Å². The molecule has 3 rings (SSSR count). The molecule has 1 heterocycles. The van der Waals surface area contributed by atoms with Crippen molar-refractivity contribution in [3.8, 4) is 5.75 Å². The summed E-state index contributed by atoms with van der Waals surface area (Å²) in [5.74, 6) is -0.320. The van der Waals surface area contributed by atoms with E-state index in [0.29, 0.717) is 32.5 Å². The number of rotatable bonds is 7. The molecular formula is C24H27FN2O3. The Balaban J connectivity index is 1.41. The van der Waals surface area contributed by atoms with Crippen LogP contribution in [-0.4, -0.2) is 54.9 Å². The quantitative estimate of drug-likeness (QED) is 0.655. The summed E-state index contributed by atoms with van der Waals surface area (Å²) in [5, 5.41) is 0. The minimum absolute atomic E-state index is 0.0311. The van der Waals surface area contributed by atoms with Crippen LogP contribution in [0.1, 0.15) is 18.4 Å². The SMILES string of the molecule is CN(CCOc1ccccc1F)C(=O)C1CCN(C(=O)/C=C/c2ccccc2)CC1. The summed E-state index contributed by atoms with van der Waals surface area (Å²) in [6, 6.07) is 15.9. The zero-order chi connectivity index (χ0) is 21.3. The maximum atomic E-state index is 13.6. The van der Waals surface area contributed by atoms with Gasteiger partial charge in [0.1, 0.15) is 6.61 Å². The van der Waals surface area contributed by atoms with Crippen LogP contribution in [0.5, 0.6) is 5.75 Å². The number of carbonyl (C=O) groups is 2. The van der Waals surface area contributed by atoms with Gasteiger partial charge in [-0.3, -0.25) is 9.59 Å². The molecule has 1 aliphatic rings. The summed E-state index contributed by atoms with van der Waals surface area (Å²) in [7, 11) is 1.73. The second-order valence-electron chi connectivity index (χ2n) is 7.38. The average Bonchev–Trinajstić information content (AvgIpc) is 2.79. The van der Waals surface area contributed by atoms with E-state index in [4.69, 9.17) is 4.74 Å². The lowest BCUT2D eigenvalue weighted by atomic mass is 9.95. The third-order valence-corrected chi connectivity index (χ3v) is 5.27. The number of ether oxygens (including phenoxy) is 1. The highest BCUT2D eigenvalue weighted by molar-refractivity contribution is 5.92. The molecule has 0 radical (unpaired) electrons. The van der Waals surface area contributed by atoms with Crippen LogP contribution in [0.4, 0.5) is 4.39 Å². The molecule has 0 aromatic heterocycles. The second-order valence-corrected chi connectivity index (χ2v) is 7.38. The lowest BCUT2D eigenvalue weighted by molar-refractivity contribution is -0.138. The van der Waals surface area contributed by atoms with E-state index >= 15 is 0 Å². The fourth-order valence-electron chi connectivity index (χ4n) is 3.46. The molecular weight excluding hydrogens is 383 g/mol. The van der Waals surface area contributed by atoms with Gasteiger partial charge in [-0.05, 0) is 36.6 Å². The monoisotopic (exact) mass is 410 g/mol. The predicted octanol–water partition coefficient (Wildman–Crippen LogP) is 3.61. The molecule has 0 saturated carbocycles. The normalized spacial score (nSPS) is 14.7. The number of nitrogens with zero attached hydrogens (tertiary/aromatic N) is 2. The van der Waals surface area contributed by atoms with Crippen molar-refractivity contribution in [3.05, 3.63) is 72.1 Å². The van der Waals surface area contributed by atoms with Gasteiger partial charge in [0.2, 0.25) is 11.8 Å². The van der Waals surface area contributed by atoms with Gasteiger partial charge in [-0.25, -0.2) is 4.39 Å². The van der Waals surface area contributed by atoms with E-state index in [-0.39, 0.29) is 30.1 Å². The van der Waals surface area contributed by atoms with Crippen molar-refractivity contribution in [2.75, 3.05) is 33.3 Å². The van der Waals surface area contributed by atoms with Crippen molar-refractivity contribution in [2.24, 2.45) is 5.92 Å². The molecule has 2 aromatic rings. The number of halogens is 1. The number of benzene rings is 2. The van der Waals surface area contributed by atoms with E-state index in [1.165, 1.54) is 6.07 Å². The molecule has 0 atom stereocenters. The van der Waals surface area contributed by atoms with Crippen LogP contribution in [0.25, 0.3) is 6.08 Å². The first kappa shape index (κ1) is 21.6. The number of hydrogen-bond donors (Lipinski definition) is 0. The summed E-state index contributed by atoms with van der Waals surface area (Å²) in [6.07, 6.45) is 4.68. The van der Waals surface area contributed by atoms with E-state index in [9.17, 15) is 14.0 Å². The average molecular weight is 410 g/mol. The van der Waals surface area contributed by atoms with Gasteiger partial charge in [0.25, 0.3) is 0 Å². The molecule has 0 N–H and O–H groups in total. The molecule has 1 saturated heterocycles. The number of hydrogen-bond acceptors (Lipinski definition) is 3. The van der Waals surface area contributed by atoms with Crippen LogP contribution in [0, 0.1) is 11.7 Å². The highest BCUT2D eigenvalue weighted by Gasteiger charge is 2.28.